The number of nitrogens with one attached hydrogen (secondary N) is 1. The maximum atomic E-state index is 12.0. The summed E-state index contributed by atoms with van der Waals surface area (Å²) < 4.78 is 5.09. The summed E-state index contributed by atoms with van der Waals surface area (Å²) in [6.45, 7) is 2.54. The largest absolute Gasteiger partial charge is 0.497 e. The first-order chi connectivity index (χ1) is 10.1. The summed E-state index contributed by atoms with van der Waals surface area (Å²) in [6, 6.07) is 8.92. The van der Waals surface area contributed by atoms with Crippen LogP contribution >= 0.6 is 11.3 Å². The van der Waals surface area contributed by atoms with Crippen molar-refractivity contribution in [3.05, 3.63) is 52.2 Å². The highest BCUT2D eigenvalue weighted by Gasteiger charge is 2.18. The summed E-state index contributed by atoms with van der Waals surface area (Å²) >= 11 is 1.63. The van der Waals surface area contributed by atoms with Crippen LogP contribution in [0.1, 0.15) is 30.1 Å². The van der Waals surface area contributed by atoms with Gasteiger partial charge in [-0.05, 0) is 46.0 Å². The third-order valence-corrected chi connectivity index (χ3v) is 4.05. The van der Waals surface area contributed by atoms with E-state index in [2.05, 4.69) is 10.7 Å². The van der Waals surface area contributed by atoms with Crippen molar-refractivity contribution in [1.29, 1.82) is 0 Å². The van der Waals surface area contributed by atoms with Gasteiger partial charge in [0.05, 0.1) is 7.11 Å². The minimum Gasteiger partial charge on any atom is -0.497 e. The third-order valence-electron chi connectivity index (χ3n) is 3.35. The minimum absolute atomic E-state index is 0.220. The van der Waals surface area contributed by atoms with Gasteiger partial charge in [0, 0.05) is 6.54 Å². The van der Waals surface area contributed by atoms with Gasteiger partial charge in [-0.25, -0.2) is 0 Å². The number of amides is 1. The minimum atomic E-state index is -1.19. The summed E-state index contributed by atoms with van der Waals surface area (Å²) in [5.41, 5.74) is 1.71. The molecule has 0 saturated carbocycles. The highest BCUT2D eigenvalue weighted by atomic mass is 32.1. The molecule has 2 N–H and O–H groups in total. The molecule has 5 heteroatoms. The number of aliphatic hydroxyl groups is 1. The van der Waals surface area contributed by atoms with E-state index < -0.39 is 12.0 Å². The molecule has 2 rings (SSSR count). The molecule has 0 spiro atoms. The van der Waals surface area contributed by atoms with Crippen LogP contribution in [0.15, 0.2) is 41.1 Å². The van der Waals surface area contributed by atoms with Gasteiger partial charge < -0.3 is 15.2 Å². The van der Waals surface area contributed by atoms with Crippen molar-refractivity contribution >= 4 is 17.2 Å². The molecule has 112 valence electrons. The number of carbonyl (C=O) groups is 1. The standard InChI is InChI=1S/C16H19NO3S/c1-11(13-6-7-21-10-13)9-17-16(19)15(18)12-4-3-5-14(8-12)20-2/h3-8,10-11,15,18H,9H2,1-2H3,(H,17,19)/t11-,15-/m1/s1. The average molecular weight is 305 g/mol. The van der Waals surface area contributed by atoms with Crippen LogP contribution in [0.25, 0.3) is 0 Å². The fraction of sp³-hybridized carbons (Fsp3) is 0.312. The van der Waals surface area contributed by atoms with Crippen molar-refractivity contribution in [2.24, 2.45) is 0 Å². The maximum Gasteiger partial charge on any atom is 0.253 e. The Hall–Kier alpha value is -1.85. The molecule has 0 fully saturated rings. The molecule has 2 atom stereocenters. The van der Waals surface area contributed by atoms with Gasteiger partial charge in [-0.15, -0.1) is 0 Å². The molecule has 1 aromatic heterocycles. The summed E-state index contributed by atoms with van der Waals surface area (Å²) in [7, 11) is 1.55. The molecular weight excluding hydrogens is 286 g/mol. The van der Waals surface area contributed by atoms with Gasteiger partial charge in [0.2, 0.25) is 0 Å². The SMILES string of the molecule is COc1cccc([C@@H](O)C(=O)NC[C@@H](C)c2ccsc2)c1. The summed E-state index contributed by atoms with van der Waals surface area (Å²) in [5.74, 6) is 0.439. The van der Waals surface area contributed by atoms with Gasteiger partial charge in [0.15, 0.2) is 6.10 Å². The van der Waals surface area contributed by atoms with Gasteiger partial charge in [-0.3, -0.25) is 4.79 Å². The predicted octanol–water partition coefficient (Wildman–Crippen LogP) is 2.71. The van der Waals surface area contributed by atoms with Crippen LogP contribution in [0.2, 0.25) is 0 Å². The van der Waals surface area contributed by atoms with Crippen LogP contribution < -0.4 is 10.1 Å². The van der Waals surface area contributed by atoms with E-state index in [1.165, 1.54) is 5.56 Å². The smallest absolute Gasteiger partial charge is 0.253 e. The first-order valence-corrected chi connectivity index (χ1v) is 7.68. The molecule has 21 heavy (non-hydrogen) atoms. The van der Waals surface area contributed by atoms with Crippen LogP contribution in [0.4, 0.5) is 0 Å². The second-order valence-electron chi connectivity index (χ2n) is 4.88. The molecule has 0 saturated heterocycles. The first-order valence-electron chi connectivity index (χ1n) is 6.73. The summed E-state index contributed by atoms with van der Waals surface area (Å²) in [4.78, 5) is 12.0. The normalized spacial score (nSPS) is 13.5. The Morgan fingerprint density at radius 2 is 2.19 bits per heavy atom. The molecule has 0 aliphatic heterocycles. The average Bonchev–Trinajstić information content (AvgIpc) is 3.06. The third kappa shape index (κ3) is 4.06. The van der Waals surface area contributed by atoms with Gasteiger partial charge >= 0.3 is 0 Å². The van der Waals surface area contributed by atoms with Crippen molar-refractivity contribution in [2.75, 3.05) is 13.7 Å². The lowest BCUT2D eigenvalue weighted by molar-refractivity contribution is -0.129. The fourth-order valence-corrected chi connectivity index (χ4v) is 2.77. The Labute approximate surface area is 128 Å². The monoisotopic (exact) mass is 305 g/mol. The van der Waals surface area contributed by atoms with E-state index in [1.807, 2.05) is 18.4 Å². The highest BCUT2D eigenvalue weighted by Crippen LogP contribution is 2.20. The van der Waals surface area contributed by atoms with Gasteiger partial charge in [-0.2, -0.15) is 11.3 Å². The molecule has 0 aliphatic rings. The van der Waals surface area contributed by atoms with Crippen LogP contribution in [-0.4, -0.2) is 24.7 Å². The lowest BCUT2D eigenvalue weighted by atomic mass is 10.0. The molecule has 1 heterocycles. The quantitative estimate of drug-likeness (QED) is 0.862. The number of aliphatic hydroxyl groups excluding tert-OH is 1. The number of hydrogen-bond donors (Lipinski definition) is 2. The summed E-state index contributed by atoms with van der Waals surface area (Å²) in [5, 5.41) is 16.9. The lowest BCUT2D eigenvalue weighted by Crippen LogP contribution is -2.32. The molecule has 0 bridgehead atoms. The number of carbonyl (C=O) groups excluding carboxylic acids is 1. The van der Waals surface area contributed by atoms with E-state index in [0.29, 0.717) is 17.9 Å². The molecule has 0 radical (unpaired) electrons. The topological polar surface area (TPSA) is 58.6 Å². The van der Waals surface area contributed by atoms with E-state index in [0.717, 1.165) is 0 Å². The van der Waals surface area contributed by atoms with E-state index in [4.69, 9.17) is 4.74 Å². The summed E-state index contributed by atoms with van der Waals surface area (Å²) in [6.07, 6.45) is -1.19. The number of rotatable bonds is 6. The van der Waals surface area contributed by atoms with Crippen LogP contribution in [0, 0.1) is 0 Å². The Morgan fingerprint density at radius 1 is 1.38 bits per heavy atom. The van der Waals surface area contributed by atoms with Crippen molar-refractivity contribution in [3.63, 3.8) is 0 Å². The zero-order chi connectivity index (χ0) is 15.2. The number of benzene rings is 1. The highest BCUT2D eigenvalue weighted by molar-refractivity contribution is 7.07. The predicted molar refractivity (Wildman–Crippen MR) is 83.7 cm³/mol. The van der Waals surface area contributed by atoms with Crippen LogP contribution in [-0.2, 0) is 4.79 Å². The molecule has 4 nitrogen and oxygen atoms in total. The number of thiophene rings is 1. The van der Waals surface area contributed by atoms with Gasteiger partial charge in [-0.1, -0.05) is 19.1 Å². The Bertz CT molecular complexity index is 583. The van der Waals surface area contributed by atoms with Gasteiger partial charge in [0.1, 0.15) is 5.75 Å². The van der Waals surface area contributed by atoms with Crippen molar-refractivity contribution < 1.29 is 14.6 Å². The Balaban J connectivity index is 1.93. The van der Waals surface area contributed by atoms with Crippen molar-refractivity contribution in [1.82, 2.24) is 5.32 Å². The molecule has 1 amide bonds. The first kappa shape index (κ1) is 15.5. The Kier molecular flexibility index (Phi) is 5.36. The van der Waals surface area contributed by atoms with Crippen LogP contribution in [0.5, 0.6) is 5.75 Å². The zero-order valence-corrected chi connectivity index (χ0v) is 12.9. The van der Waals surface area contributed by atoms with E-state index in [1.54, 1.807) is 42.7 Å². The van der Waals surface area contributed by atoms with E-state index in [-0.39, 0.29) is 5.92 Å². The number of methoxy groups -OCH3 is 1. The number of hydrogen-bond acceptors (Lipinski definition) is 4. The Morgan fingerprint density at radius 3 is 2.86 bits per heavy atom. The van der Waals surface area contributed by atoms with E-state index >= 15 is 0 Å². The molecule has 2 aromatic rings. The molecule has 0 unspecified atom stereocenters. The number of ether oxygens (including phenoxy) is 1. The molecule has 1 aromatic carbocycles. The van der Waals surface area contributed by atoms with Gasteiger partial charge in [0.25, 0.3) is 5.91 Å². The second-order valence-corrected chi connectivity index (χ2v) is 5.66. The second kappa shape index (κ2) is 7.24. The van der Waals surface area contributed by atoms with Crippen molar-refractivity contribution in [3.8, 4) is 5.75 Å². The van der Waals surface area contributed by atoms with E-state index in [9.17, 15) is 9.90 Å². The fourth-order valence-electron chi connectivity index (χ4n) is 1.99. The van der Waals surface area contributed by atoms with Crippen LogP contribution in [0.3, 0.4) is 0 Å². The molecular formula is C16H19NO3S. The lowest BCUT2D eigenvalue weighted by Gasteiger charge is -2.15. The zero-order valence-electron chi connectivity index (χ0n) is 12.1. The van der Waals surface area contributed by atoms with Crippen molar-refractivity contribution in [2.45, 2.75) is 18.9 Å². The maximum absolute atomic E-state index is 12.0. The molecule has 0 aliphatic carbocycles.